The predicted octanol–water partition coefficient (Wildman–Crippen LogP) is 3.51. The van der Waals surface area contributed by atoms with Crippen LogP contribution in [-0.4, -0.2) is 39.1 Å². The molecule has 2 aromatic rings. The molecule has 1 fully saturated rings. The topological polar surface area (TPSA) is 36.9 Å². The molecule has 1 aliphatic heterocycles. The zero-order valence-corrected chi connectivity index (χ0v) is 13.5. The molecular weight excluding hydrogens is 324 g/mol. The molecule has 1 saturated heterocycles. The summed E-state index contributed by atoms with van der Waals surface area (Å²) in [5, 5.41) is 0. The van der Waals surface area contributed by atoms with Crippen LogP contribution < -0.4 is 0 Å². The zero-order chi connectivity index (χ0) is 13.6. The molecule has 6 heteroatoms. The minimum atomic E-state index is 0.445. The van der Waals surface area contributed by atoms with E-state index < -0.39 is 0 Å². The first-order chi connectivity index (χ1) is 9.06. The summed E-state index contributed by atoms with van der Waals surface area (Å²) in [5.41, 5.74) is 1.97. The number of likely N-dealkylation sites (tertiary alicyclic amines) is 1. The number of nitrogens with one attached hydrogen (secondary N) is 1. The quantitative estimate of drug-likeness (QED) is 0.807. The third-order valence-corrected chi connectivity index (χ3v) is 4.80. The van der Waals surface area contributed by atoms with Crippen LogP contribution >= 0.6 is 28.1 Å². The molecule has 3 heterocycles. The Morgan fingerprint density at radius 2 is 2.32 bits per heavy atom. The Kier molecular flexibility index (Phi) is 3.49. The summed E-state index contributed by atoms with van der Waals surface area (Å²) in [4.78, 5) is 10.2. The van der Waals surface area contributed by atoms with E-state index in [9.17, 15) is 0 Å². The first-order valence-corrected chi connectivity index (χ1v) is 7.72. The molecule has 0 saturated carbocycles. The third-order valence-electron chi connectivity index (χ3n) is 4.07. The molecule has 0 amide bonds. The molecule has 0 bridgehead atoms. The number of piperidine rings is 1. The van der Waals surface area contributed by atoms with Crippen LogP contribution in [0.4, 0.5) is 0 Å². The first kappa shape index (κ1) is 13.3. The highest BCUT2D eigenvalue weighted by Crippen LogP contribution is 2.29. The van der Waals surface area contributed by atoms with Crippen molar-refractivity contribution >= 4 is 39.3 Å². The highest BCUT2D eigenvalue weighted by atomic mass is 79.9. The fraction of sp³-hybridized carbons (Fsp3) is 0.538. The SMILES string of the molecule is CC1CC(n2c(=S)[nH]c3cc(Br)cnc32)CCN1C. The Morgan fingerprint density at radius 3 is 3.05 bits per heavy atom. The number of aromatic nitrogens is 3. The van der Waals surface area contributed by atoms with E-state index in [2.05, 4.69) is 49.3 Å². The van der Waals surface area contributed by atoms with E-state index in [-0.39, 0.29) is 0 Å². The molecule has 0 aliphatic carbocycles. The van der Waals surface area contributed by atoms with Gasteiger partial charge in [-0.15, -0.1) is 0 Å². The summed E-state index contributed by atoms with van der Waals surface area (Å²) in [6.45, 7) is 3.38. The van der Waals surface area contributed by atoms with E-state index in [1.165, 1.54) is 0 Å². The van der Waals surface area contributed by atoms with E-state index in [1.54, 1.807) is 0 Å². The van der Waals surface area contributed by atoms with Gasteiger partial charge in [-0.25, -0.2) is 4.98 Å². The molecule has 2 aromatic heterocycles. The van der Waals surface area contributed by atoms with Gasteiger partial charge in [0.15, 0.2) is 10.4 Å². The van der Waals surface area contributed by atoms with Crippen LogP contribution in [0.25, 0.3) is 11.2 Å². The second-order valence-corrected chi connectivity index (χ2v) is 6.64. The van der Waals surface area contributed by atoms with Crippen LogP contribution in [0, 0.1) is 4.77 Å². The van der Waals surface area contributed by atoms with Crippen LogP contribution in [0.2, 0.25) is 0 Å². The van der Waals surface area contributed by atoms with Gasteiger partial charge in [-0.05, 0) is 61.0 Å². The maximum Gasteiger partial charge on any atom is 0.179 e. The van der Waals surface area contributed by atoms with Crippen molar-refractivity contribution in [1.82, 2.24) is 19.4 Å². The van der Waals surface area contributed by atoms with Crippen LogP contribution in [0.5, 0.6) is 0 Å². The maximum absolute atomic E-state index is 5.48. The summed E-state index contributed by atoms with van der Waals surface area (Å²) in [5.74, 6) is 0. The van der Waals surface area contributed by atoms with E-state index >= 15 is 0 Å². The van der Waals surface area contributed by atoms with Crippen molar-refractivity contribution in [2.75, 3.05) is 13.6 Å². The zero-order valence-electron chi connectivity index (χ0n) is 11.1. The molecule has 2 unspecified atom stereocenters. The van der Waals surface area contributed by atoms with Gasteiger partial charge in [0.1, 0.15) is 0 Å². The molecule has 0 aromatic carbocycles. The van der Waals surface area contributed by atoms with Crippen molar-refractivity contribution < 1.29 is 0 Å². The van der Waals surface area contributed by atoms with E-state index in [0.29, 0.717) is 12.1 Å². The van der Waals surface area contributed by atoms with E-state index in [0.717, 1.165) is 39.8 Å². The molecule has 4 nitrogen and oxygen atoms in total. The van der Waals surface area contributed by atoms with Crippen molar-refractivity contribution in [3.8, 4) is 0 Å². The second kappa shape index (κ2) is 5.00. The molecule has 102 valence electrons. The number of fused-ring (bicyclic) bond motifs is 1. The Hall–Kier alpha value is -0.720. The highest BCUT2D eigenvalue weighted by Gasteiger charge is 2.26. The second-order valence-electron chi connectivity index (χ2n) is 5.33. The smallest absolute Gasteiger partial charge is 0.179 e. The lowest BCUT2D eigenvalue weighted by molar-refractivity contribution is 0.158. The third kappa shape index (κ3) is 2.37. The normalized spacial score (nSPS) is 25.0. The van der Waals surface area contributed by atoms with Gasteiger partial charge in [0.05, 0.1) is 5.52 Å². The summed E-state index contributed by atoms with van der Waals surface area (Å²) in [6, 6.07) is 3.06. The number of aromatic amines is 1. The summed E-state index contributed by atoms with van der Waals surface area (Å²) in [7, 11) is 2.19. The van der Waals surface area contributed by atoms with Crippen LogP contribution in [0.15, 0.2) is 16.7 Å². The molecule has 1 N–H and O–H groups in total. The lowest BCUT2D eigenvalue weighted by atomic mass is 9.99. The van der Waals surface area contributed by atoms with Gasteiger partial charge < -0.3 is 9.88 Å². The molecule has 1 aliphatic rings. The number of hydrogen-bond donors (Lipinski definition) is 1. The van der Waals surface area contributed by atoms with Gasteiger partial charge in [0.2, 0.25) is 0 Å². The van der Waals surface area contributed by atoms with Crippen molar-refractivity contribution in [1.29, 1.82) is 0 Å². The summed E-state index contributed by atoms with van der Waals surface area (Å²) < 4.78 is 3.95. The van der Waals surface area contributed by atoms with Crippen LogP contribution in [0.1, 0.15) is 25.8 Å². The number of pyridine rings is 1. The van der Waals surface area contributed by atoms with Gasteiger partial charge in [-0.1, -0.05) is 0 Å². The molecule has 3 rings (SSSR count). The van der Waals surface area contributed by atoms with Gasteiger partial charge in [-0.2, -0.15) is 0 Å². The maximum atomic E-state index is 5.48. The molecule has 0 radical (unpaired) electrons. The number of nitrogens with zero attached hydrogens (tertiary/aromatic N) is 3. The minimum Gasteiger partial charge on any atom is -0.329 e. The van der Waals surface area contributed by atoms with Crippen LogP contribution in [0.3, 0.4) is 0 Å². The van der Waals surface area contributed by atoms with Gasteiger partial charge in [-0.3, -0.25) is 4.57 Å². The van der Waals surface area contributed by atoms with Crippen molar-refractivity contribution in [2.45, 2.75) is 31.8 Å². The standard InChI is InChI=1S/C13H17BrN4S/c1-8-5-10(3-4-17(8)2)18-12-11(16-13(18)19)6-9(14)7-15-12/h6-8,10H,3-5H2,1-2H3,(H,16,19). The van der Waals surface area contributed by atoms with Crippen molar-refractivity contribution in [3.05, 3.63) is 21.5 Å². The number of imidazole rings is 1. The minimum absolute atomic E-state index is 0.445. The lowest BCUT2D eigenvalue weighted by Crippen LogP contribution is -2.38. The molecule has 0 spiro atoms. The van der Waals surface area contributed by atoms with Crippen molar-refractivity contribution in [2.24, 2.45) is 0 Å². The van der Waals surface area contributed by atoms with E-state index in [4.69, 9.17) is 12.2 Å². The van der Waals surface area contributed by atoms with Gasteiger partial charge in [0.25, 0.3) is 0 Å². The van der Waals surface area contributed by atoms with Gasteiger partial charge in [0, 0.05) is 29.3 Å². The van der Waals surface area contributed by atoms with E-state index in [1.807, 2.05) is 12.3 Å². The number of H-pyrrole nitrogens is 1. The highest BCUT2D eigenvalue weighted by molar-refractivity contribution is 9.10. The van der Waals surface area contributed by atoms with Gasteiger partial charge >= 0.3 is 0 Å². The number of hydrogen-bond acceptors (Lipinski definition) is 3. The summed E-state index contributed by atoms with van der Waals surface area (Å²) in [6.07, 6.45) is 4.08. The Balaban J connectivity index is 2.05. The summed E-state index contributed by atoms with van der Waals surface area (Å²) >= 11 is 8.93. The fourth-order valence-electron chi connectivity index (χ4n) is 2.83. The average Bonchev–Trinajstić information content (AvgIpc) is 2.68. The number of rotatable bonds is 1. The predicted molar refractivity (Wildman–Crippen MR) is 83.0 cm³/mol. The molecule has 19 heavy (non-hydrogen) atoms. The molecule has 2 atom stereocenters. The first-order valence-electron chi connectivity index (χ1n) is 6.52. The van der Waals surface area contributed by atoms with Crippen molar-refractivity contribution in [3.63, 3.8) is 0 Å². The number of halogens is 1. The lowest BCUT2D eigenvalue weighted by Gasteiger charge is -2.35. The van der Waals surface area contributed by atoms with Crippen LogP contribution in [-0.2, 0) is 0 Å². The Bertz CT molecular complexity index is 662. The Labute approximate surface area is 126 Å². The average molecular weight is 341 g/mol. The Morgan fingerprint density at radius 1 is 1.53 bits per heavy atom. The fourth-order valence-corrected chi connectivity index (χ4v) is 3.50. The molecular formula is C13H17BrN4S. The largest absolute Gasteiger partial charge is 0.329 e. The monoisotopic (exact) mass is 340 g/mol.